The number of aromatic nitrogens is 2. The molecule has 1 unspecified atom stereocenters. The van der Waals surface area contributed by atoms with Gasteiger partial charge < -0.3 is 15.8 Å². The zero-order valence-corrected chi connectivity index (χ0v) is 13.7. The van der Waals surface area contributed by atoms with E-state index < -0.39 is 5.54 Å². The zero-order chi connectivity index (χ0) is 17.2. The molecule has 0 fully saturated rings. The van der Waals surface area contributed by atoms with Crippen LogP contribution in [0.2, 0.25) is 0 Å². The minimum Gasteiger partial charge on any atom is -0.491 e. The van der Waals surface area contributed by atoms with E-state index in [2.05, 4.69) is 15.5 Å². The van der Waals surface area contributed by atoms with E-state index in [-0.39, 0.29) is 12.5 Å². The average Bonchev–Trinajstić information content (AvgIpc) is 3.03. The number of fused-ring (bicyclic) bond motifs is 1. The molecule has 0 aliphatic carbocycles. The second-order valence-electron chi connectivity index (χ2n) is 6.10. The number of rotatable bonds is 5. The molecule has 124 valence electrons. The first-order valence-electron chi connectivity index (χ1n) is 7.68. The summed E-state index contributed by atoms with van der Waals surface area (Å²) < 4.78 is 5.61. The molecule has 0 aliphatic heterocycles. The molecular weight excluding hydrogens is 304 g/mol. The van der Waals surface area contributed by atoms with E-state index in [1.165, 1.54) is 0 Å². The molecule has 4 N–H and O–H groups in total. The van der Waals surface area contributed by atoms with Crippen LogP contribution in [0.15, 0.2) is 48.7 Å². The van der Waals surface area contributed by atoms with Gasteiger partial charge >= 0.3 is 0 Å². The quantitative estimate of drug-likeness (QED) is 0.672. The van der Waals surface area contributed by atoms with Crippen molar-refractivity contribution in [2.75, 3.05) is 11.9 Å². The van der Waals surface area contributed by atoms with Crippen molar-refractivity contribution in [3.05, 3.63) is 54.2 Å². The number of benzene rings is 2. The fraction of sp³-hybridized carbons (Fsp3) is 0.222. The highest BCUT2D eigenvalue weighted by atomic mass is 16.5. The van der Waals surface area contributed by atoms with Crippen LogP contribution in [0.3, 0.4) is 0 Å². The number of nitrogens with zero attached hydrogens (tertiary/aromatic N) is 1. The summed E-state index contributed by atoms with van der Waals surface area (Å²) in [7, 11) is 0. The number of aryl methyl sites for hydroxylation is 1. The molecule has 1 atom stereocenters. The number of amides is 1. The number of para-hydroxylation sites is 1. The Labute approximate surface area is 140 Å². The van der Waals surface area contributed by atoms with Crippen LogP contribution >= 0.6 is 0 Å². The largest absolute Gasteiger partial charge is 0.491 e. The maximum absolute atomic E-state index is 12.5. The summed E-state index contributed by atoms with van der Waals surface area (Å²) in [5.41, 5.74) is 7.53. The van der Waals surface area contributed by atoms with Crippen molar-refractivity contribution < 1.29 is 9.53 Å². The first-order chi connectivity index (χ1) is 11.5. The van der Waals surface area contributed by atoms with Gasteiger partial charge in [0.05, 0.1) is 11.7 Å². The Morgan fingerprint density at radius 3 is 2.83 bits per heavy atom. The molecule has 6 heteroatoms. The van der Waals surface area contributed by atoms with Gasteiger partial charge in [-0.05, 0) is 43.7 Å². The summed E-state index contributed by atoms with van der Waals surface area (Å²) in [4.78, 5) is 12.5. The van der Waals surface area contributed by atoms with Gasteiger partial charge in [-0.3, -0.25) is 9.89 Å². The van der Waals surface area contributed by atoms with Crippen molar-refractivity contribution in [1.29, 1.82) is 0 Å². The predicted octanol–water partition coefficient (Wildman–Crippen LogP) is 2.61. The van der Waals surface area contributed by atoms with Gasteiger partial charge in [-0.15, -0.1) is 0 Å². The maximum Gasteiger partial charge on any atom is 0.247 e. The summed E-state index contributed by atoms with van der Waals surface area (Å²) >= 11 is 0. The van der Waals surface area contributed by atoms with Crippen LogP contribution < -0.4 is 15.8 Å². The molecule has 1 amide bonds. The normalized spacial score (nSPS) is 13.5. The number of nitrogens with one attached hydrogen (secondary N) is 2. The van der Waals surface area contributed by atoms with E-state index in [1.54, 1.807) is 13.1 Å². The molecule has 3 rings (SSSR count). The van der Waals surface area contributed by atoms with Crippen molar-refractivity contribution in [2.24, 2.45) is 5.73 Å². The lowest BCUT2D eigenvalue weighted by Gasteiger charge is -2.24. The van der Waals surface area contributed by atoms with Crippen molar-refractivity contribution >= 4 is 22.5 Å². The van der Waals surface area contributed by atoms with Gasteiger partial charge in [-0.25, -0.2) is 0 Å². The fourth-order valence-electron chi connectivity index (χ4n) is 2.39. The SMILES string of the molecule is Cc1cc(NC(=O)C(C)(N)COc2ccccc2)cc2[nH]ncc12. The van der Waals surface area contributed by atoms with Gasteiger partial charge in [0.2, 0.25) is 5.91 Å². The van der Waals surface area contributed by atoms with Gasteiger partial charge in [0.25, 0.3) is 0 Å². The Bertz CT molecular complexity index is 856. The molecule has 2 aromatic carbocycles. The third kappa shape index (κ3) is 3.38. The number of nitrogens with two attached hydrogens (primary N) is 1. The molecule has 0 saturated heterocycles. The number of hydrogen-bond donors (Lipinski definition) is 3. The molecule has 24 heavy (non-hydrogen) atoms. The first kappa shape index (κ1) is 16.0. The average molecular weight is 324 g/mol. The minimum absolute atomic E-state index is 0.0775. The molecule has 0 radical (unpaired) electrons. The molecule has 0 saturated carbocycles. The van der Waals surface area contributed by atoms with Crippen molar-refractivity contribution in [3.63, 3.8) is 0 Å². The van der Waals surface area contributed by atoms with E-state index in [0.29, 0.717) is 11.4 Å². The minimum atomic E-state index is -1.16. The second-order valence-corrected chi connectivity index (χ2v) is 6.10. The highest BCUT2D eigenvalue weighted by molar-refractivity contribution is 5.99. The van der Waals surface area contributed by atoms with Crippen molar-refractivity contribution in [3.8, 4) is 5.75 Å². The number of hydrogen-bond acceptors (Lipinski definition) is 4. The smallest absolute Gasteiger partial charge is 0.247 e. The number of anilines is 1. The summed E-state index contributed by atoms with van der Waals surface area (Å²) in [5.74, 6) is 0.369. The number of aromatic amines is 1. The van der Waals surface area contributed by atoms with Crippen LogP contribution in [-0.4, -0.2) is 28.3 Å². The Morgan fingerprint density at radius 2 is 2.08 bits per heavy atom. The molecule has 0 bridgehead atoms. The van der Waals surface area contributed by atoms with Crippen molar-refractivity contribution in [1.82, 2.24) is 10.2 Å². The lowest BCUT2D eigenvalue weighted by molar-refractivity contribution is -0.121. The molecule has 6 nitrogen and oxygen atoms in total. The fourth-order valence-corrected chi connectivity index (χ4v) is 2.39. The van der Waals surface area contributed by atoms with E-state index >= 15 is 0 Å². The molecule has 0 spiro atoms. The van der Waals surface area contributed by atoms with Crippen LogP contribution in [0.5, 0.6) is 5.75 Å². The molecular formula is C18H20N4O2. The summed E-state index contributed by atoms with van der Waals surface area (Å²) in [6.07, 6.45) is 1.76. The summed E-state index contributed by atoms with van der Waals surface area (Å²) in [5, 5.41) is 10.8. The Balaban J connectivity index is 1.69. The van der Waals surface area contributed by atoms with Crippen LogP contribution in [0, 0.1) is 6.92 Å². The third-order valence-corrected chi connectivity index (χ3v) is 3.82. The number of carbonyl (C=O) groups is 1. The Morgan fingerprint density at radius 1 is 1.33 bits per heavy atom. The van der Waals surface area contributed by atoms with Crippen LogP contribution in [-0.2, 0) is 4.79 Å². The van der Waals surface area contributed by atoms with Crippen LogP contribution in [0.1, 0.15) is 12.5 Å². The molecule has 1 aromatic heterocycles. The summed E-state index contributed by atoms with van der Waals surface area (Å²) in [6.45, 7) is 3.69. The monoisotopic (exact) mass is 324 g/mol. The standard InChI is InChI=1S/C18H20N4O2/c1-12-8-13(9-16-15(12)10-20-22-16)21-17(23)18(2,19)11-24-14-6-4-3-5-7-14/h3-10H,11,19H2,1-2H3,(H,20,22)(H,21,23). The third-order valence-electron chi connectivity index (χ3n) is 3.82. The van der Waals surface area contributed by atoms with Gasteiger partial charge in [0.15, 0.2) is 0 Å². The predicted molar refractivity (Wildman–Crippen MR) is 94.0 cm³/mol. The maximum atomic E-state index is 12.5. The van der Waals surface area contributed by atoms with E-state index in [4.69, 9.17) is 10.5 Å². The summed E-state index contributed by atoms with van der Waals surface area (Å²) in [6, 6.07) is 13.0. The van der Waals surface area contributed by atoms with Crippen LogP contribution in [0.25, 0.3) is 10.9 Å². The molecule has 0 aliphatic rings. The second kappa shape index (κ2) is 6.33. The van der Waals surface area contributed by atoms with E-state index in [0.717, 1.165) is 16.5 Å². The number of ether oxygens (including phenoxy) is 1. The highest BCUT2D eigenvalue weighted by Gasteiger charge is 2.29. The zero-order valence-electron chi connectivity index (χ0n) is 13.7. The van der Waals surface area contributed by atoms with Gasteiger partial charge in [0, 0.05) is 11.1 Å². The van der Waals surface area contributed by atoms with Crippen LogP contribution in [0.4, 0.5) is 5.69 Å². The first-order valence-corrected chi connectivity index (χ1v) is 7.68. The highest BCUT2D eigenvalue weighted by Crippen LogP contribution is 2.22. The Hall–Kier alpha value is -2.86. The van der Waals surface area contributed by atoms with Gasteiger partial charge in [-0.2, -0.15) is 5.10 Å². The molecule has 3 aromatic rings. The van der Waals surface area contributed by atoms with E-state index in [1.807, 2.05) is 49.4 Å². The van der Waals surface area contributed by atoms with Gasteiger partial charge in [0.1, 0.15) is 17.9 Å². The Kier molecular flexibility index (Phi) is 4.22. The lowest BCUT2D eigenvalue weighted by atomic mass is 10.0. The van der Waals surface area contributed by atoms with E-state index in [9.17, 15) is 4.79 Å². The van der Waals surface area contributed by atoms with Gasteiger partial charge in [-0.1, -0.05) is 18.2 Å². The lowest BCUT2D eigenvalue weighted by Crippen LogP contribution is -2.53. The topological polar surface area (TPSA) is 93.0 Å². The number of carbonyl (C=O) groups excluding carboxylic acids is 1. The van der Waals surface area contributed by atoms with Crippen molar-refractivity contribution in [2.45, 2.75) is 19.4 Å². The number of H-pyrrole nitrogens is 1. The molecule has 1 heterocycles.